The van der Waals surface area contributed by atoms with Gasteiger partial charge in [-0.3, -0.25) is 9.69 Å². The van der Waals surface area contributed by atoms with Crippen molar-refractivity contribution in [2.24, 2.45) is 5.73 Å². The Balaban J connectivity index is 1.44. The van der Waals surface area contributed by atoms with E-state index in [4.69, 9.17) is 20.2 Å². The van der Waals surface area contributed by atoms with Crippen molar-refractivity contribution in [3.05, 3.63) is 41.5 Å². The number of pyridine rings is 1. The number of phenolic OH excluding ortho intramolecular Hbond substituents is 1. The highest BCUT2D eigenvalue weighted by molar-refractivity contribution is 6.03. The number of carbonyl (C=O) groups is 1. The molecule has 0 unspecified atom stereocenters. The molecule has 2 aromatic heterocycles. The van der Waals surface area contributed by atoms with Gasteiger partial charge in [0.2, 0.25) is 11.8 Å². The number of ether oxygens (including phenoxy) is 2. The zero-order chi connectivity index (χ0) is 33.7. The van der Waals surface area contributed by atoms with Crippen LogP contribution in [0.2, 0.25) is 0 Å². The molecule has 14 heteroatoms. The van der Waals surface area contributed by atoms with Crippen LogP contribution in [0.4, 0.5) is 19.0 Å². The van der Waals surface area contributed by atoms with Gasteiger partial charge in [0.05, 0.1) is 11.6 Å². The highest BCUT2D eigenvalue weighted by Gasteiger charge is 2.49. The minimum Gasteiger partial charge on any atom is -0.508 e. The van der Waals surface area contributed by atoms with E-state index in [1.54, 1.807) is 11.8 Å². The van der Waals surface area contributed by atoms with Gasteiger partial charge >= 0.3 is 6.01 Å². The number of primary amides is 1. The molecule has 4 aromatic rings. The Morgan fingerprint density at radius 2 is 2.04 bits per heavy atom. The Labute approximate surface area is 274 Å². The molecule has 11 nitrogen and oxygen atoms in total. The number of hydrogen-bond donors (Lipinski definition) is 3. The number of nitrogens with zero attached hydrogens (tertiary/aromatic N) is 5. The number of anilines is 1. The summed E-state index contributed by atoms with van der Waals surface area (Å²) in [5, 5.41) is 21.6. The number of phenols is 1. The lowest BCUT2D eigenvalue weighted by Gasteiger charge is -2.32. The summed E-state index contributed by atoms with van der Waals surface area (Å²) >= 11 is 0. The zero-order valence-corrected chi connectivity index (χ0v) is 26.5. The lowest BCUT2D eigenvalue weighted by atomic mass is 9.94. The number of aromatic hydroxyl groups is 1. The molecule has 254 valence electrons. The summed E-state index contributed by atoms with van der Waals surface area (Å²) in [4.78, 5) is 29.5. The van der Waals surface area contributed by atoms with Gasteiger partial charge in [-0.05, 0) is 66.8 Å². The molecule has 0 spiro atoms. The summed E-state index contributed by atoms with van der Waals surface area (Å²) in [6.07, 6.45) is 1.39. The van der Waals surface area contributed by atoms with Crippen molar-refractivity contribution in [1.82, 2.24) is 19.9 Å². The third-order valence-electron chi connectivity index (χ3n) is 9.89. The second-order valence-electron chi connectivity index (χ2n) is 12.9. The van der Waals surface area contributed by atoms with Gasteiger partial charge in [-0.1, -0.05) is 13.0 Å². The molecule has 1 amide bonds. The van der Waals surface area contributed by atoms with E-state index in [1.165, 1.54) is 24.3 Å². The molecule has 3 aliphatic heterocycles. The van der Waals surface area contributed by atoms with Gasteiger partial charge in [-0.2, -0.15) is 9.97 Å². The van der Waals surface area contributed by atoms with Crippen molar-refractivity contribution in [1.29, 1.82) is 0 Å². The number of aliphatic hydroxyl groups excluding tert-OH is 1. The molecule has 0 radical (unpaired) electrons. The molecule has 7 rings (SSSR count). The number of fused-ring (bicyclic) bond motifs is 2. The SMILES string of the molecule is CCc1c(F)ccc2cc(O)cc(-c3nc4c5c(nc(OC[C@@]67CCCN6C[C@H](F)C7)nc5c3F)N(CCC(N)=O)[C@@H](CCO)CO4)c12. The summed E-state index contributed by atoms with van der Waals surface area (Å²) in [7, 11) is 0. The van der Waals surface area contributed by atoms with Gasteiger partial charge in [0, 0.05) is 38.1 Å². The van der Waals surface area contributed by atoms with E-state index < -0.39 is 35.3 Å². The number of benzene rings is 2. The molecule has 4 N–H and O–H groups in total. The summed E-state index contributed by atoms with van der Waals surface area (Å²) in [5.74, 6) is -1.94. The van der Waals surface area contributed by atoms with Crippen LogP contribution in [-0.2, 0) is 11.2 Å². The Morgan fingerprint density at radius 1 is 1.21 bits per heavy atom. The number of rotatable bonds is 10. The topological polar surface area (TPSA) is 147 Å². The third kappa shape index (κ3) is 5.50. The smallest absolute Gasteiger partial charge is 0.319 e. The van der Waals surface area contributed by atoms with E-state index in [0.717, 1.165) is 19.4 Å². The molecule has 3 aliphatic rings. The molecule has 48 heavy (non-hydrogen) atoms. The van der Waals surface area contributed by atoms with Crippen LogP contribution in [0, 0.1) is 11.6 Å². The van der Waals surface area contributed by atoms with Crippen LogP contribution in [0.1, 0.15) is 44.6 Å². The molecule has 0 saturated carbocycles. The normalized spacial score (nSPS) is 22.2. The maximum Gasteiger partial charge on any atom is 0.319 e. The van der Waals surface area contributed by atoms with Crippen molar-refractivity contribution in [3.8, 4) is 28.9 Å². The molecule has 5 heterocycles. The molecule has 2 aromatic carbocycles. The molecular weight excluding hydrogens is 629 g/mol. The van der Waals surface area contributed by atoms with Crippen LogP contribution in [0.15, 0.2) is 24.3 Å². The van der Waals surface area contributed by atoms with Crippen LogP contribution in [0.25, 0.3) is 32.9 Å². The first-order chi connectivity index (χ1) is 23.1. The monoisotopic (exact) mass is 666 g/mol. The zero-order valence-electron chi connectivity index (χ0n) is 26.5. The minimum atomic E-state index is -0.986. The van der Waals surface area contributed by atoms with Crippen LogP contribution in [0.5, 0.6) is 17.6 Å². The van der Waals surface area contributed by atoms with E-state index in [0.29, 0.717) is 35.7 Å². The number of amides is 1. The van der Waals surface area contributed by atoms with E-state index in [9.17, 15) is 19.4 Å². The first-order valence-corrected chi connectivity index (χ1v) is 16.3. The van der Waals surface area contributed by atoms with Gasteiger partial charge in [0.25, 0.3) is 0 Å². The Bertz CT molecular complexity index is 1910. The predicted octanol–water partition coefficient (Wildman–Crippen LogP) is 4.17. The van der Waals surface area contributed by atoms with E-state index >= 15 is 8.78 Å². The number of alkyl halides is 1. The van der Waals surface area contributed by atoms with Crippen molar-refractivity contribution >= 4 is 33.4 Å². The fraction of sp³-hybridized carbons (Fsp3) is 0.471. The van der Waals surface area contributed by atoms with Crippen LogP contribution in [0.3, 0.4) is 0 Å². The minimum absolute atomic E-state index is 0.00930. The fourth-order valence-electron chi connectivity index (χ4n) is 7.68. The second-order valence-corrected chi connectivity index (χ2v) is 12.9. The fourth-order valence-corrected chi connectivity index (χ4v) is 7.68. The molecule has 3 atom stereocenters. The van der Waals surface area contributed by atoms with Crippen molar-refractivity contribution in [2.45, 2.75) is 63.2 Å². The van der Waals surface area contributed by atoms with Gasteiger partial charge in [0.1, 0.15) is 53.4 Å². The number of nitrogens with two attached hydrogens (primary N) is 1. The van der Waals surface area contributed by atoms with Crippen molar-refractivity contribution in [3.63, 3.8) is 0 Å². The predicted molar refractivity (Wildman–Crippen MR) is 172 cm³/mol. The Kier molecular flexibility index (Phi) is 8.40. The molecule has 0 aliphatic carbocycles. The van der Waals surface area contributed by atoms with Gasteiger partial charge in [0.15, 0.2) is 5.82 Å². The maximum absolute atomic E-state index is 17.0. The van der Waals surface area contributed by atoms with Crippen LogP contribution in [-0.4, -0.2) is 93.2 Å². The first kappa shape index (κ1) is 32.1. The second kappa shape index (κ2) is 12.5. The maximum atomic E-state index is 17.0. The quantitative estimate of drug-likeness (QED) is 0.225. The number of hydrogen-bond acceptors (Lipinski definition) is 10. The summed E-state index contributed by atoms with van der Waals surface area (Å²) in [6.45, 7) is 2.78. The average molecular weight is 667 g/mol. The largest absolute Gasteiger partial charge is 0.508 e. The first-order valence-electron chi connectivity index (χ1n) is 16.3. The number of aliphatic hydroxyl groups is 1. The number of aryl methyl sites for hydroxylation is 1. The highest BCUT2D eigenvalue weighted by atomic mass is 19.1. The van der Waals surface area contributed by atoms with Crippen LogP contribution < -0.4 is 20.1 Å². The Hall–Kier alpha value is -4.43. The summed E-state index contributed by atoms with van der Waals surface area (Å²) in [6, 6.07) is 4.93. The van der Waals surface area contributed by atoms with E-state index in [2.05, 4.69) is 14.9 Å². The van der Waals surface area contributed by atoms with Crippen LogP contribution >= 0.6 is 0 Å². The van der Waals surface area contributed by atoms with Crippen molar-refractivity contribution in [2.75, 3.05) is 44.4 Å². The molecular formula is C34H37F3N6O5. The average Bonchev–Trinajstić information content (AvgIpc) is 3.53. The summed E-state index contributed by atoms with van der Waals surface area (Å²) < 4.78 is 59.0. The summed E-state index contributed by atoms with van der Waals surface area (Å²) in [5.41, 5.74) is 5.02. The van der Waals surface area contributed by atoms with Gasteiger partial charge in [-0.15, -0.1) is 0 Å². The van der Waals surface area contributed by atoms with Crippen molar-refractivity contribution < 1.29 is 37.7 Å². The molecule has 0 bridgehead atoms. The molecule has 2 fully saturated rings. The number of aromatic nitrogens is 3. The highest BCUT2D eigenvalue weighted by Crippen LogP contribution is 2.44. The van der Waals surface area contributed by atoms with Gasteiger partial charge in [-0.25, -0.2) is 18.2 Å². The standard InChI is InChI=1S/C34H37F3N6O5/c1-2-22-24(36)5-4-18-12-21(45)13-23(26(18)22)29-28(37)30-27-31(43(10-6-25(38)46)20(7-11-44)16-47-32(27)39-29)41-33(40-30)48-17-34-8-3-9-42(34)15-19(35)14-34/h4-5,12-13,19-20,44-45H,2-3,6-11,14-17H2,1H3,(H2,38,46)/t19-,20+,34+/m1/s1. The van der Waals surface area contributed by atoms with Gasteiger partial charge < -0.3 is 30.3 Å². The lowest BCUT2D eigenvalue weighted by Crippen LogP contribution is -2.44. The number of halogens is 3. The Morgan fingerprint density at radius 3 is 2.81 bits per heavy atom. The molecule has 2 saturated heterocycles. The number of carbonyl (C=O) groups excluding carboxylic acids is 1. The lowest BCUT2D eigenvalue weighted by molar-refractivity contribution is -0.117. The van der Waals surface area contributed by atoms with E-state index in [1.807, 2.05) is 0 Å². The van der Waals surface area contributed by atoms with E-state index in [-0.39, 0.29) is 84.8 Å². The third-order valence-corrected chi connectivity index (χ3v) is 9.89.